The maximum atomic E-state index is 10.1. The fourth-order valence-corrected chi connectivity index (χ4v) is 0. The van der Waals surface area contributed by atoms with Crippen molar-refractivity contribution in [1.29, 1.82) is 0 Å². The van der Waals surface area contributed by atoms with Crippen LogP contribution in [0.15, 0.2) is 0 Å². The smallest absolute Gasteiger partial charge is 0.722 e. The summed E-state index contributed by atoms with van der Waals surface area (Å²) in [6.45, 7) is 3.25. The first-order valence-electron chi connectivity index (χ1n) is 1.54. The molecule has 94 valence electrons. The van der Waals surface area contributed by atoms with Crippen LogP contribution < -0.4 is 0 Å². The Labute approximate surface area is 107 Å². The van der Waals surface area contributed by atoms with Crippen LogP contribution in [0, 0.1) is 0 Å². The van der Waals surface area contributed by atoms with Crippen LogP contribution >= 0.6 is 0 Å². The van der Waals surface area contributed by atoms with Gasteiger partial charge in [0, 0.05) is 20.4 Å². The number of hydrogen-bond acceptors (Lipinski definition) is 7. The molecule has 0 unspecified atom stereocenters. The topological polar surface area (TPSA) is 131 Å². The molecule has 7 nitrogen and oxygen atoms in total. The number of halogens is 2. The summed E-state index contributed by atoms with van der Waals surface area (Å²) in [5, 5.41) is 0. The van der Waals surface area contributed by atoms with Gasteiger partial charge in [-0.1, -0.05) is 0 Å². The Morgan fingerprint density at radius 3 is 0.857 bits per heavy atom. The van der Waals surface area contributed by atoms with Gasteiger partial charge in [-0.3, -0.25) is 6.79 Å². The molecule has 0 atom stereocenters. The van der Waals surface area contributed by atoms with Gasteiger partial charge in [0.05, 0.1) is 0 Å². The summed E-state index contributed by atoms with van der Waals surface area (Å²) in [6.07, 6.45) is 0. The first-order chi connectivity index (χ1) is 5.00. The van der Waals surface area contributed by atoms with E-state index in [1.54, 1.807) is 0 Å². The number of rotatable bonds is 0. The molecule has 0 heterocycles. The molecule has 0 N–H and O–H groups in total. The van der Waals surface area contributed by atoms with Gasteiger partial charge >= 0.3 is 20.4 Å². The zero-order valence-corrected chi connectivity index (χ0v) is 10.4. The Morgan fingerprint density at radius 2 is 0.857 bits per heavy atom. The third kappa shape index (κ3) is 3800. The average Bonchev–Trinajstić information content (AvgIpc) is 1.59. The van der Waals surface area contributed by atoms with E-state index in [4.69, 9.17) is 30.7 Å². The van der Waals surface area contributed by atoms with Gasteiger partial charge in [-0.05, 0) is 0 Å². The van der Waals surface area contributed by atoms with Crippen molar-refractivity contribution in [3.05, 3.63) is 0 Å². The average molecular weight is 440 g/mol. The first kappa shape index (κ1) is 29.3. The van der Waals surface area contributed by atoms with E-state index in [0.717, 1.165) is 0 Å². The van der Waals surface area contributed by atoms with Crippen LogP contribution in [0.1, 0.15) is 0 Å². The summed E-state index contributed by atoms with van der Waals surface area (Å²) in [4.78, 5) is 7.75. The predicted octanol–water partition coefficient (Wildman–Crippen LogP) is -1.45. The third-order valence-electron chi connectivity index (χ3n) is 0. The minimum absolute atomic E-state index is 0. The summed E-state index contributed by atoms with van der Waals surface area (Å²) in [6, 6.07) is 0. The predicted molar refractivity (Wildman–Crippen MR) is 28.4 cm³/mol. The van der Waals surface area contributed by atoms with Crippen LogP contribution in [-0.2, 0) is 66.6 Å². The van der Waals surface area contributed by atoms with Crippen molar-refractivity contribution < 1.29 is 79.4 Å². The molecule has 13 heteroatoms. The molecule has 0 aliphatic carbocycles. The Hall–Kier alpha value is 0.675. The molecule has 0 aromatic carbocycles. The van der Waals surface area contributed by atoms with Crippen molar-refractivity contribution >= 4 is 27.8 Å². The first-order valence-corrected chi connectivity index (χ1v) is 4.16. The van der Waals surface area contributed by atoms with E-state index >= 15 is 0 Å². The SMILES string of the molecule is O=S(=O)([O-])F.O=S(=O)([O-])F.[CH-]=O.[Pd+2].[Pd]. The Morgan fingerprint density at radius 1 is 0.857 bits per heavy atom. The summed E-state index contributed by atoms with van der Waals surface area (Å²) in [7, 11) is -10.8. The second-order valence-corrected chi connectivity index (χ2v) is 2.36. The van der Waals surface area contributed by atoms with Crippen molar-refractivity contribution in [1.82, 2.24) is 0 Å². The molecule has 0 rings (SSSR count). The van der Waals surface area contributed by atoms with Crippen LogP contribution in [0.3, 0.4) is 0 Å². The molecule has 0 bridgehead atoms. The van der Waals surface area contributed by atoms with Crippen molar-refractivity contribution in [3.8, 4) is 0 Å². The Balaban J connectivity index is -0.0000000292. The molecule has 0 aromatic heterocycles. The zero-order chi connectivity index (χ0) is 11.0. The van der Waals surface area contributed by atoms with Crippen molar-refractivity contribution in [2.75, 3.05) is 0 Å². The molecule has 0 spiro atoms. The van der Waals surface area contributed by atoms with E-state index in [-0.39, 0.29) is 40.8 Å². The number of hydrogen-bond donors (Lipinski definition) is 0. The molecule has 0 aliphatic heterocycles. The van der Waals surface area contributed by atoms with E-state index in [9.17, 15) is 7.77 Å². The van der Waals surface area contributed by atoms with Gasteiger partial charge in [0.25, 0.3) is 21.0 Å². The summed E-state index contributed by atoms with van der Waals surface area (Å²) >= 11 is 0. The molecular weight excluding hydrogens is 439 g/mol. The Kier molecular flexibility index (Phi) is 28.6. The van der Waals surface area contributed by atoms with E-state index < -0.39 is 21.0 Å². The molecule has 0 fully saturated rings. The zero-order valence-electron chi connectivity index (χ0n) is 5.64. The summed E-state index contributed by atoms with van der Waals surface area (Å²) in [5.74, 6) is 0. The maximum absolute atomic E-state index is 10.1. The second-order valence-electron chi connectivity index (χ2n) is 0.786. The molecule has 0 amide bonds. The minimum Gasteiger partial charge on any atom is -0.722 e. The molecule has 0 aromatic rings. The van der Waals surface area contributed by atoms with Crippen LogP contribution in [-0.4, -0.2) is 32.7 Å². The van der Waals surface area contributed by atoms with E-state index in [1.807, 2.05) is 0 Å². The van der Waals surface area contributed by atoms with Gasteiger partial charge in [-0.25, -0.2) is 16.8 Å². The molecule has 14 heavy (non-hydrogen) atoms. The van der Waals surface area contributed by atoms with Gasteiger partial charge in [0.1, 0.15) is 0 Å². The number of carbonyl (C=O) groups excluding carboxylic acids is 1. The van der Waals surface area contributed by atoms with E-state index in [2.05, 4.69) is 6.79 Å². The van der Waals surface area contributed by atoms with Gasteiger partial charge in [0.15, 0.2) is 0 Å². The third-order valence-corrected chi connectivity index (χ3v) is 0. The van der Waals surface area contributed by atoms with Crippen LogP contribution in [0.25, 0.3) is 0 Å². The minimum atomic E-state index is -5.42. The van der Waals surface area contributed by atoms with Gasteiger partial charge in [0.2, 0.25) is 0 Å². The van der Waals surface area contributed by atoms with Crippen LogP contribution in [0.4, 0.5) is 7.77 Å². The van der Waals surface area contributed by atoms with Gasteiger partial charge in [-0.15, -0.1) is 7.77 Å². The Bertz CT molecular complexity index is 237. The monoisotopic (exact) mass is 439 g/mol. The van der Waals surface area contributed by atoms with Gasteiger partial charge in [-0.2, -0.15) is 0 Å². The maximum Gasteiger partial charge on any atom is 2.00 e. The molecule has 0 aliphatic rings. The van der Waals surface area contributed by atoms with Crippen molar-refractivity contribution in [2.24, 2.45) is 0 Å². The molecule has 0 saturated heterocycles. The largest absolute Gasteiger partial charge is 2.00 e. The van der Waals surface area contributed by atoms with E-state index in [0.29, 0.717) is 0 Å². The standard InChI is InChI=1S/CHO.2FHO3S.2Pd/c1-2;2*1-5(2,3)4;;/h1H;2*(H,2,3,4);;/q-1;;;;+2/p-2. The van der Waals surface area contributed by atoms with E-state index in [1.165, 1.54) is 0 Å². The normalized spacial score (nSPS) is 8.57. The van der Waals surface area contributed by atoms with Crippen molar-refractivity contribution in [3.63, 3.8) is 0 Å². The van der Waals surface area contributed by atoms with Gasteiger partial charge < -0.3 is 13.9 Å². The quantitative estimate of drug-likeness (QED) is 0.148. The molecule has 0 radical (unpaired) electrons. The summed E-state index contributed by atoms with van der Waals surface area (Å²) in [5.41, 5.74) is 0. The summed E-state index contributed by atoms with van der Waals surface area (Å²) < 4.78 is 70.7. The fourth-order valence-electron chi connectivity index (χ4n) is 0. The molecular formula is CHF2O7Pd2S2-. The molecule has 0 saturated carbocycles. The van der Waals surface area contributed by atoms with Crippen LogP contribution in [0.2, 0.25) is 0 Å². The second kappa shape index (κ2) is 13.7. The van der Waals surface area contributed by atoms with Crippen LogP contribution in [0.5, 0.6) is 0 Å². The van der Waals surface area contributed by atoms with Crippen molar-refractivity contribution in [2.45, 2.75) is 0 Å². The fraction of sp³-hybridized carbons (Fsp3) is 0.